The molecule has 0 unspecified atom stereocenters. The lowest BCUT2D eigenvalue weighted by Gasteiger charge is -2.34. The summed E-state index contributed by atoms with van der Waals surface area (Å²) in [7, 11) is 1.38. The van der Waals surface area contributed by atoms with E-state index in [0.717, 1.165) is 31.5 Å². The average molecular weight is 520 g/mol. The molecule has 10 heteroatoms. The Kier molecular flexibility index (Phi) is 9.79. The molecule has 0 spiro atoms. The third-order valence-corrected chi connectivity index (χ3v) is 7.09. The molecule has 37 heavy (non-hydrogen) atoms. The lowest BCUT2D eigenvalue weighted by molar-refractivity contribution is -0.385. The second-order valence-corrected chi connectivity index (χ2v) is 9.33. The molecule has 1 amide bonds. The van der Waals surface area contributed by atoms with Crippen LogP contribution in [-0.4, -0.2) is 66.6 Å². The minimum absolute atomic E-state index is 0. The van der Waals surface area contributed by atoms with E-state index in [-0.39, 0.29) is 36.8 Å². The molecule has 202 valence electrons. The highest BCUT2D eigenvalue weighted by Crippen LogP contribution is 2.32. The molecule has 0 bridgehead atoms. The van der Waals surface area contributed by atoms with Crippen molar-refractivity contribution in [3.8, 4) is 11.5 Å². The van der Waals surface area contributed by atoms with Gasteiger partial charge in [-0.25, -0.2) is 8.78 Å². The monoisotopic (exact) mass is 519 g/mol. The van der Waals surface area contributed by atoms with E-state index in [2.05, 4.69) is 4.90 Å². The van der Waals surface area contributed by atoms with Gasteiger partial charge in [0.1, 0.15) is 11.9 Å². The summed E-state index contributed by atoms with van der Waals surface area (Å²) < 4.78 is 37.8. The van der Waals surface area contributed by atoms with Crippen LogP contribution in [0.3, 0.4) is 0 Å². The first-order valence-corrected chi connectivity index (χ1v) is 12.3. The van der Waals surface area contributed by atoms with E-state index >= 15 is 0 Å². The van der Waals surface area contributed by atoms with Gasteiger partial charge in [0, 0.05) is 51.0 Å². The Morgan fingerprint density at radius 3 is 2.35 bits per heavy atom. The number of carbonyl (C=O) groups is 1. The van der Waals surface area contributed by atoms with Crippen LogP contribution in [0, 0.1) is 21.7 Å². The summed E-state index contributed by atoms with van der Waals surface area (Å²) in [6.45, 7) is 3.54. The third kappa shape index (κ3) is 7.15. The second kappa shape index (κ2) is 12.8. The van der Waals surface area contributed by atoms with Crippen LogP contribution in [0.1, 0.15) is 51.0 Å². The van der Waals surface area contributed by atoms with E-state index in [1.165, 1.54) is 31.4 Å². The van der Waals surface area contributed by atoms with Crippen molar-refractivity contribution in [2.75, 3.05) is 39.8 Å². The van der Waals surface area contributed by atoms with Gasteiger partial charge in [0.25, 0.3) is 0 Å². The SMILES string of the molecule is C.COc1cc(OC2CCN(C(=O)CCN3CCC(c4ccc(F)c(F)c4)CC3)CC2)ccc1[N+](=O)[O-]. The maximum absolute atomic E-state index is 13.5. The Hall–Kier alpha value is -3.27. The molecular formula is C27H35F2N3O5. The van der Waals surface area contributed by atoms with Crippen molar-refractivity contribution in [1.82, 2.24) is 9.80 Å². The zero-order chi connectivity index (χ0) is 25.7. The van der Waals surface area contributed by atoms with Crippen molar-refractivity contribution in [2.45, 2.75) is 51.6 Å². The largest absolute Gasteiger partial charge is 0.490 e. The molecule has 8 nitrogen and oxygen atoms in total. The number of benzene rings is 2. The summed E-state index contributed by atoms with van der Waals surface area (Å²) in [6, 6.07) is 8.60. The second-order valence-electron chi connectivity index (χ2n) is 9.33. The van der Waals surface area contributed by atoms with E-state index in [4.69, 9.17) is 9.47 Å². The van der Waals surface area contributed by atoms with Gasteiger partial charge in [0.2, 0.25) is 11.7 Å². The van der Waals surface area contributed by atoms with Crippen molar-refractivity contribution in [3.63, 3.8) is 0 Å². The Morgan fingerprint density at radius 2 is 1.73 bits per heavy atom. The van der Waals surface area contributed by atoms with Crippen LogP contribution in [-0.2, 0) is 4.79 Å². The number of carbonyl (C=O) groups excluding carboxylic acids is 1. The average Bonchev–Trinajstić information content (AvgIpc) is 2.89. The normalized spacial score (nSPS) is 17.2. The summed E-state index contributed by atoms with van der Waals surface area (Å²) in [5.74, 6) is -0.637. The quantitative estimate of drug-likeness (QED) is 0.354. The van der Waals surface area contributed by atoms with Gasteiger partial charge in [-0.1, -0.05) is 13.5 Å². The molecule has 0 aromatic heterocycles. The molecule has 2 aromatic carbocycles. The van der Waals surface area contributed by atoms with E-state index in [9.17, 15) is 23.7 Å². The number of hydrogen-bond acceptors (Lipinski definition) is 6. The summed E-state index contributed by atoms with van der Waals surface area (Å²) >= 11 is 0. The molecule has 2 saturated heterocycles. The molecule has 2 aliphatic rings. The molecule has 2 aliphatic heterocycles. The first-order chi connectivity index (χ1) is 17.3. The number of piperidine rings is 2. The lowest BCUT2D eigenvalue weighted by atomic mass is 9.89. The Bertz CT molecular complexity index is 1080. The van der Waals surface area contributed by atoms with Crippen LogP contribution in [0.25, 0.3) is 0 Å². The highest BCUT2D eigenvalue weighted by Gasteiger charge is 2.26. The number of hydrogen-bond donors (Lipinski definition) is 0. The molecular weight excluding hydrogens is 484 g/mol. The van der Waals surface area contributed by atoms with Crippen LogP contribution < -0.4 is 9.47 Å². The first-order valence-electron chi connectivity index (χ1n) is 12.3. The van der Waals surface area contributed by atoms with Crippen LogP contribution in [0.2, 0.25) is 0 Å². The van der Waals surface area contributed by atoms with Gasteiger partial charge in [-0.15, -0.1) is 0 Å². The van der Waals surface area contributed by atoms with E-state index in [0.29, 0.717) is 44.6 Å². The minimum Gasteiger partial charge on any atom is -0.490 e. The number of amides is 1. The Labute approximate surface area is 216 Å². The number of methoxy groups -OCH3 is 1. The zero-order valence-corrected chi connectivity index (χ0v) is 20.3. The van der Waals surface area contributed by atoms with Crippen molar-refractivity contribution in [2.24, 2.45) is 0 Å². The molecule has 2 fully saturated rings. The van der Waals surface area contributed by atoms with Crippen LogP contribution in [0.4, 0.5) is 14.5 Å². The maximum atomic E-state index is 13.5. The molecule has 0 aliphatic carbocycles. The van der Waals surface area contributed by atoms with Gasteiger partial charge < -0.3 is 19.3 Å². The highest BCUT2D eigenvalue weighted by molar-refractivity contribution is 5.76. The van der Waals surface area contributed by atoms with E-state index in [1.807, 2.05) is 4.90 Å². The predicted molar refractivity (Wildman–Crippen MR) is 136 cm³/mol. The van der Waals surface area contributed by atoms with Gasteiger partial charge in [-0.2, -0.15) is 0 Å². The highest BCUT2D eigenvalue weighted by atomic mass is 19.2. The Balaban J connectivity index is 0.00000380. The molecule has 2 aromatic rings. The molecule has 0 radical (unpaired) electrons. The van der Waals surface area contributed by atoms with Crippen molar-refractivity contribution in [1.29, 1.82) is 0 Å². The topological polar surface area (TPSA) is 85.2 Å². The summed E-state index contributed by atoms with van der Waals surface area (Å²) in [5, 5.41) is 11.1. The van der Waals surface area contributed by atoms with Gasteiger partial charge in [0.05, 0.1) is 12.0 Å². The number of halogens is 2. The van der Waals surface area contributed by atoms with Gasteiger partial charge in [0.15, 0.2) is 11.6 Å². The number of ether oxygens (including phenoxy) is 2. The fourth-order valence-electron chi connectivity index (χ4n) is 4.97. The van der Waals surface area contributed by atoms with Gasteiger partial charge >= 0.3 is 5.69 Å². The van der Waals surface area contributed by atoms with Gasteiger partial charge in [-0.05, 0) is 55.6 Å². The van der Waals surface area contributed by atoms with Crippen LogP contribution in [0.5, 0.6) is 11.5 Å². The van der Waals surface area contributed by atoms with Crippen LogP contribution >= 0.6 is 0 Å². The number of nitro benzene ring substituents is 1. The smallest absolute Gasteiger partial charge is 0.311 e. The summed E-state index contributed by atoms with van der Waals surface area (Å²) in [4.78, 5) is 27.4. The molecule has 0 N–H and O–H groups in total. The summed E-state index contributed by atoms with van der Waals surface area (Å²) in [6.07, 6.45) is 3.46. The zero-order valence-electron chi connectivity index (χ0n) is 20.3. The molecule has 0 atom stereocenters. The maximum Gasteiger partial charge on any atom is 0.311 e. The number of likely N-dealkylation sites (tertiary alicyclic amines) is 2. The fraction of sp³-hybridized carbons (Fsp3) is 0.519. The molecule has 0 saturated carbocycles. The van der Waals surface area contributed by atoms with Crippen molar-refractivity contribution in [3.05, 3.63) is 63.7 Å². The van der Waals surface area contributed by atoms with E-state index < -0.39 is 16.6 Å². The minimum atomic E-state index is -0.822. The van der Waals surface area contributed by atoms with Crippen molar-refractivity contribution >= 4 is 11.6 Å². The Morgan fingerprint density at radius 1 is 1.03 bits per heavy atom. The van der Waals surface area contributed by atoms with Crippen LogP contribution in [0.15, 0.2) is 36.4 Å². The first kappa shape index (κ1) is 28.3. The molecule has 4 rings (SSSR count). The summed E-state index contributed by atoms with van der Waals surface area (Å²) in [5.41, 5.74) is 0.723. The standard InChI is InChI=1S/C26H31F2N3O5.CH4/c1-35-25-17-21(3-5-24(25)31(33)34)36-20-8-14-30(15-9-20)26(32)10-13-29-11-6-18(7-12-29)19-2-4-22(27)23(28)16-19;/h2-5,16-18,20H,6-15H2,1H3;1H4. The number of nitro groups is 1. The molecule has 2 heterocycles. The lowest BCUT2D eigenvalue weighted by Crippen LogP contribution is -2.43. The third-order valence-electron chi connectivity index (χ3n) is 7.09. The predicted octanol–water partition coefficient (Wildman–Crippen LogP) is 5.16. The van der Waals surface area contributed by atoms with E-state index in [1.54, 1.807) is 12.1 Å². The fourth-order valence-corrected chi connectivity index (χ4v) is 4.97. The van der Waals surface area contributed by atoms with Crippen molar-refractivity contribution < 1.29 is 28.0 Å². The number of rotatable bonds is 8. The van der Waals surface area contributed by atoms with Gasteiger partial charge in [-0.3, -0.25) is 14.9 Å². The number of nitrogens with zero attached hydrogens (tertiary/aromatic N) is 3.